The molecule has 0 fully saturated rings. The number of imide groups is 1. The third-order valence-corrected chi connectivity index (χ3v) is 10.3. The van der Waals surface area contributed by atoms with Crippen molar-refractivity contribution in [3.63, 3.8) is 0 Å². The van der Waals surface area contributed by atoms with Crippen molar-refractivity contribution in [2.45, 2.75) is 33.1 Å². The van der Waals surface area contributed by atoms with E-state index in [-0.39, 0.29) is 24.2 Å². The number of hydrogen-bond acceptors (Lipinski definition) is 6. The molecule has 7 nitrogen and oxygen atoms in total. The van der Waals surface area contributed by atoms with Crippen molar-refractivity contribution in [3.8, 4) is 16.9 Å². The Bertz CT molecular complexity index is 2530. The molecule has 0 aliphatic carbocycles. The van der Waals surface area contributed by atoms with Gasteiger partial charge in [-0.05, 0) is 133 Å². The summed E-state index contributed by atoms with van der Waals surface area (Å²) in [4.78, 5) is 55.4. The molecule has 7 aromatic carbocycles. The van der Waals surface area contributed by atoms with Gasteiger partial charge in [-0.1, -0.05) is 78.9 Å². The van der Waals surface area contributed by atoms with E-state index in [1.165, 1.54) is 4.90 Å². The monoisotopic (exact) mass is 734 g/mol. The summed E-state index contributed by atoms with van der Waals surface area (Å²) in [7, 11) is 0. The number of aryl methyl sites for hydroxylation is 3. The number of carbonyl (C=O) groups excluding carboxylic acids is 4. The largest absolute Gasteiger partial charge is 0.427 e. The number of hydrogen-bond donors (Lipinski definition) is 0. The number of amides is 2. The predicted octanol–water partition coefficient (Wildman–Crippen LogP) is 11.1. The van der Waals surface area contributed by atoms with Gasteiger partial charge in [0.25, 0.3) is 11.8 Å². The van der Waals surface area contributed by atoms with Gasteiger partial charge >= 0.3 is 5.97 Å². The van der Waals surface area contributed by atoms with E-state index in [9.17, 15) is 19.2 Å². The number of nitrogens with zero attached hydrogens (tertiary/aromatic N) is 2. The minimum atomic E-state index is -0.371. The van der Waals surface area contributed by atoms with E-state index >= 15 is 0 Å². The van der Waals surface area contributed by atoms with E-state index in [0.29, 0.717) is 46.4 Å². The fourth-order valence-electron chi connectivity index (χ4n) is 7.58. The van der Waals surface area contributed by atoms with Crippen molar-refractivity contribution in [2.24, 2.45) is 0 Å². The molecule has 1 aliphatic heterocycles. The van der Waals surface area contributed by atoms with Crippen LogP contribution in [0.15, 0.2) is 152 Å². The van der Waals surface area contributed by atoms with Gasteiger partial charge < -0.3 is 9.64 Å². The van der Waals surface area contributed by atoms with Gasteiger partial charge in [0.15, 0.2) is 6.29 Å². The maximum absolute atomic E-state index is 14.0. The predicted molar refractivity (Wildman–Crippen MR) is 222 cm³/mol. The average Bonchev–Trinajstić information content (AvgIpc) is 3.21. The number of rotatable bonds is 11. The van der Waals surface area contributed by atoms with Crippen LogP contribution in [0.1, 0.15) is 60.6 Å². The summed E-state index contributed by atoms with van der Waals surface area (Å²) in [6.45, 7) is 3.62. The number of anilines is 4. The van der Waals surface area contributed by atoms with E-state index < -0.39 is 0 Å². The van der Waals surface area contributed by atoms with Crippen LogP contribution in [0.3, 0.4) is 0 Å². The first-order valence-corrected chi connectivity index (χ1v) is 18.6. The zero-order valence-electron chi connectivity index (χ0n) is 31.1. The normalized spacial score (nSPS) is 12.1. The zero-order chi connectivity index (χ0) is 38.8. The van der Waals surface area contributed by atoms with E-state index in [2.05, 4.69) is 53.4 Å². The van der Waals surface area contributed by atoms with Gasteiger partial charge in [0.2, 0.25) is 0 Å². The second-order valence-electron chi connectivity index (χ2n) is 14.0. The highest BCUT2D eigenvalue weighted by molar-refractivity contribution is 6.36. The molecular weight excluding hydrogens is 697 g/mol. The molecule has 0 saturated carbocycles. The highest BCUT2D eigenvalue weighted by Crippen LogP contribution is 2.40. The van der Waals surface area contributed by atoms with Gasteiger partial charge in [0.05, 0.1) is 5.69 Å². The lowest BCUT2D eigenvalue weighted by Crippen LogP contribution is -2.40. The molecule has 0 radical (unpaired) electrons. The first-order valence-electron chi connectivity index (χ1n) is 18.6. The van der Waals surface area contributed by atoms with Crippen LogP contribution in [0.4, 0.5) is 22.7 Å². The fraction of sp³-hybridized carbons (Fsp3) is 0.102. The maximum Gasteiger partial charge on any atom is 0.311 e. The second-order valence-corrected chi connectivity index (χ2v) is 14.0. The molecule has 0 unspecified atom stereocenters. The van der Waals surface area contributed by atoms with Crippen molar-refractivity contribution in [1.29, 1.82) is 0 Å². The molecule has 7 aromatic rings. The zero-order valence-corrected chi connectivity index (χ0v) is 31.1. The Balaban J connectivity index is 0.986. The average molecular weight is 735 g/mol. The van der Waals surface area contributed by atoms with Crippen LogP contribution < -0.4 is 14.5 Å². The Morgan fingerprint density at radius 3 is 1.82 bits per heavy atom. The van der Waals surface area contributed by atoms with Crippen molar-refractivity contribution < 1.29 is 23.9 Å². The molecule has 2 amide bonds. The molecule has 0 bridgehead atoms. The van der Waals surface area contributed by atoms with E-state index in [0.717, 1.165) is 56.6 Å². The highest BCUT2D eigenvalue weighted by Gasteiger charge is 2.34. The van der Waals surface area contributed by atoms with Crippen molar-refractivity contribution >= 4 is 57.6 Å². The molecule has 7 heteroatoms. The molecule has 1 heterocycles. The lowest BCUT2D eigenvalue weighted by Gasteiger charge is -2.28. The number of benzene rings is 7. The summed E-state index contributed by atoms with van der Waals surface area (Å²) in [5, 5.41) is 1.50. The SMILES string of the molecule is Cc1cc(OC(=O)CCCc2ccc(N3C(=O)c4cccc5c(-c6ccc(N(c7ccccc7)c7ccccc7)cc6)ccc(c45)C3=O)cc2)cc(C)c1C=O. The first-order chi connectivity index (χ1) is 27.3. The Morgan fingerprint density at radius 1 is 0.643 bits per heavy atom. The summed E-state index contributed by atoms with van der Waals surface area (Å²) < 4.78 is 5.53. The smallest absolute Gasteiger partial charge is 0.311 e. The van der Waals surface area contributed by atoms with Crippen molar-refractivity contribution in [1.82, 2.24) is 0 Å². The quantitative estimate of drug-likeness (QED) is 0.0569. The minimum Gasteiger partial charge on any atom is -0.427 e. The van der Waals surface area contributed by atoms with E-state index in [1.807, 2.05) is 86.6 Å². The van der Waals surface area contributed by atoms with Crippen LogP contribution in [0, 0.1) is 13.8 Å². The Morgan fingerprint density at radius 2 is 1.21 bits per heavy atom. The number of carbonyl (C=O) groups is 4. The lowest BCUT2D eigenvalue weighted by molar-refractivity contribution is -0.134. The molecule has 0 saturated heterocycles. The second kappa shape index (κ2) is 15.3. The van der Waals surface area contributed by atoms with Crippen LogP contribution in [0.25, 0.3) is 21.9 Å². The summed E-state index contributed by atoms with van der Waals surface area (Å²) >= 11 is 0. The van der Waals surface area contributed by atoms with Gasteiger partial charge in [-0.3, -0.25) is 19.2 Å². The van der Waals surface area contributed by atoms with Crippen LogP contribution in [0.2, 0.25) is 0 Å². The standard InChI is InChI=1S/C49H38N2O5/c1-32-29-40(30-33(2)45(32)31-52)56-46(53)18-9-11-34-19-23-39(24-20-34)51-48(54)43-17-10-16-42-41(27-28-44(47(42)43)49(51)55)35-21-25-38(26-22-35)50(36-12-5-3-6-13-36)37-14-7-4-8-15-37/h3-8,10,12-17,19-31H,9,11,18H2,1-2H3. The van der Waals surface area contributed by atoms with Gasteiger partial charge in [-0.15, -0.1) is 0 Å². The maximum atomic E-state index is 14.0. The molecule has 0 spiro atoms. The van der Waals surface area contributed by atoms with Crippen molar-refractivity contribution in [2.75, 3.05) is 9.80 Å². The summed E-state index contributed by atoms with van der Waals surface area (Å²) in [5.41, 5.74) is 9.54. The summed E-state index contributed by atoms with van der Waals surface area (Å²) in [6.07, 6.45) is 2.19. The summed E-state index contributed by atoms with van der Waals surface area (Å²) in [6, 6.07) is 48.9. The topological polar surface area (TPSA) is 84.0 Å². The van der Waals surface area contributed by atoms with Gasteiger partial charge in [-0.2, -0.15) is 0 Å². The number of aldehydes is 1. The Labute approximate surface area is 325 Å². The minimum absolute atomic E-state index is 0.213. The van der Waals surface area contributed by atoms with Gasteiger partial charge in [0, 0.05) is 45.6 Å². The Kier molecular flexibility index (Phi) is 9.82. The van der Waals surface area contributed by atoms with Crippen LogP contribution >= 0.6 is 0 Å². The lowest BCUT2D eigenvalue weighted by atomic mass is 9.89. The molecule has 0 aromatic heterocycles. The third-order valence-electron chi connectivity index (χ3n) is 10.3. The van der Waals surface area contributed by atoms with E-state index in [1.54, 1.807) is 30.3 Å². The fourth-order valence-corrected chi connectivity index (χ4v) is 7.58. The van der Waals surface area contributed by atoms with Crippen LogP contribution in [-0.2, 0) is 11.2 Å². The first kappa shape index (κ1) is 35.9. The molecule has 274 valence electrons. The van der Waals surface area contributed by atoms with Gasteiger partial charge in [-0.25, -0.2) is 4.90 Å². The summed E-state index contributed by atoms with van der Waals surface area (Å²) in [5.74, 6) is -0.671. The molecule has 56 heavy (non-hydrogen) atoms. The Hall–Kier alpha value is -7.12. The van der Waals surface area contributed by atoms with Crippen LogP contribution in [-0.4, -0.2) is 24.1 Å². The molecule has 0 atom stereocenters. The van der Waals surface area contributed by atoms with Crippen LogP contribution in [0.5, 0.6) is 5.75 Å². The number of esters is 1. The van der Waals surface area contributed by atoms with Gasteiger partial charge in [0.1, 0.15) is 5.75 Å². The molecule has 1 aliphatic rings. The van der Waals surface area contributed by atoms with E-state index in [4.69, 9.17) is 4.74 Å². The van der Waals surface area contributed by atoms with Crippen molar-refractivity contribution in [3.05, 3.63) is 185 Å². The highest BCUT2D eigenvalue weighted by atomic mass is 16.5. The molecular formula is C49H38N2O5. The number of ether oxygens (including phenoxy) is 1. The third kappa shape index (κ3) is 6.87. The number of para-hydroxylation sites is 2. The molecule has 8 rings (SSSR count). The molecule has 0 N–H and O–H groups in total.